The first-order valence-corrected chi connectivity index (χ1v) is 34.4. The molecule has 4 aliphatic heterocycles. The van der Waals surface area contributed by atoms with E-state index in [2.05, 4.69) is 384 Å². The van der Waals surface area contributed by atoms with E-state index in [1.807, 2.05) is 11.8 Å². The summed E-state index contributed by atoms with van der Waals surface area (Å²) >= 11 is 1.90. The Bertz CT molecular complexity index is 5440. The Labute approximate surface area is 576 Å². The summed E-state index contributed by atoms with van der Waals surface area (Å²) < 4.78 is 7.54. The Morgan fingerprint density at radius 2 is 0.724 bits per heavy atom. The van der Waals surface area contributed by atoms with Gasteiger partial charge in [0.1, 0.15) is 11.5 Å². The third-order valence-electron chi connectivity index (χ3n) is 19.9. The van der Waals surface area contributed by atoms with E-state index in [9.17, 15) is 0 Å². The van der Waals surface area contributed by atoms with E-state index in [4.69, 9.17) is 4.74 Å². The summed E-state index contributed by atoms with van der Waals surface area (Å²) in [5.74, 6) is 1.66. The molecule has 4 heterocycles. The van der Waals surface area contributed by atoms with Gasteiger partial charge in [-0.25, -0.2) is 0 Å². The van der Waals surface area contributed by atoms with Gasteiger partial charge in [-0.3, -0.25) is 0 Å². The second kappa shape index (κ2) is 23.9. The molecule has 4 aliphatic rings. The Morgan fingerprint density at radius 3 is 1.37 bits per heavy atom. The first-order valence-electron chi connectivity index (χ1n) is 33.6. The van der Waals surface area contributed by atoms with E-state index < -0.39 is 0 Å². The van der Waals surface area contributed by atoms with Crippen molar-refractivity contribution in [1.82, 2.24) is 0 Å². The molecule has 0 aliphatic carbocycles. The standard InChI is InChI=1S/C90H60B2N4OS/c1-8-28-61(29-9-1)63-50-52-70(53-51-63)94(71-43-26-36-66(54-71)62-30-10-2-11-31-62)72-55-82-88-85(57-72)97-84-49-25-23-47-77(84)92(88)78-59-79-86(60-81(78)96(82)90-74(64-32-12-3-13-33-64)44-27-45-75(90)65-34-14-4-15-35-65)98-87-58-73(93(67-37-16-5-17-38-67)68-39-18-6-19-40-68)56-83-89(87)91(79)76-46-22-24-48-80(76)95(83)69-41-20-7-21-42-69/h1-60H. The molecule has 19 rings (SSSR count). The molecule has 0 saturated carbocycles. The van der Waals surface area contributed by atoms with Crippen LogP contribution in [0.4, 0.5) is 68.2 Å². The van der Waals surface area contributed by atoms with Gasteiger partial charge in [-0.2, -0.15) is 0 Å². The molecule has 0 radical (unpaired) electrons. The van der Waals surface area contributed by atoms with E-state index in [-0.39, 0.29) is 13.4 Å². The molecular formula is C90H60B2N4OS. The highest BCUT2D eigenvalue weighted by atomic mass is 32.2. The summed E-state index contributed by atoms with van der Waals surface area (Å²) in [6.07, 6.45) is 0. The minimum absolute atomic E-state index is 0.120. The Morgan fingerprint density at radius 1 is 0.255 bits per heavy atom. The van der Waals surface area contributed by atoms with Gasteiger partial charge in [-0.05, 0) is 158 Å². The van der Waals surface area contributed by atoms with E-state index in [1.165, 1.54) is 37.2 Å². The predicted molar refractivity (Wildman–Crippen MR) is 413 cm³/mol. The maximum atomic E-state index is 7.54. The normalized spacial score (nSPS) is 12.7. The minimum Gasteiger partial charge on any atom is -0.458 e. The Hall–Kier alpha value is -12.2. The molecule has 458 valence electrons. The molecule has 98 heavy (non-hydrogen) atoms. The highest BCUT2D eigenvalue weighted by Gasteiger charge is 2.47. The van der Waals surface area contributed by atoms with Crippen LogP contribution in [0.5, 0.6) is 11.5 Å². The molecule has 8 heteroatoms. The quantitative estimate of drug-likeness (QED) is 0.113. The fraction of sp³-hybridized carbons (Fsp3) is 0. The smallest absolute Gasteiger partial charge is 0.256 e. The van der Waals surface area contributed by atoms with Crippen molar-refractivity contribution >= 4 is 126 Å². The highest BCUT2D eigenvalue weighted by Crippen LogP contribution is 2.53. The number of hydrogen-bond donors (Lipinski definition) is 0. The summed E-state index contributed by atoms with van der Waals surface area (Å²) in [5, 5.41) is 0. The SMILES string of the molecule is c1ccc(-c2ccc(N(c3cccc(-c4ccccc4)c3)c3cc4c5c(c3)N(c3c(-c6ccccc6)cccc3-c3ccccc3)c3cc6c(cc3B5c3ccccc3O4)B3c4ccccc4N(c4ccccc4)c4cc(N(c5ccccc5)c5ccccc5)cc(c43)S6)cc2)cc1. The number of para-hydroxylation sites is 6. The van der Waals surface area contributed by atoms with Gasteiger partial charge in [0, 0.05) is 83.9 Å². The Balaban J connectivity index is 0.901. The van der Waals surface area contributed by atoms with E-state index in [1.54, 1.807) is 0 Å². The van der Waals surface area contributed by atoms with Crippen LogP contribution in [0.1, 0.15) is 0 Å². The van der Waals surface area contributed by atoms with Crippen molar-refractivity contribution in [2.75, 3.05) is 19.6 Å². The third kappa shape index (κ3) is 9.66. The molecule has 0 bridgehead atoms. The van der Waals surface area contributed by atoms with Gasteiger partial charge in [0.05, 0.1) is 11.4 Å². The lowest BCUT2D eigenvalue weighted by atomic mass is 9.31. The lowest BCUT2D eigenvalue weighted by Crippen LogP contribution is -2.63. The molecule has 0 N–H and O–H groups in total. The zero-order valence-electron chi connectivity index (χ0n) is 53.4. The van der Waals surface area contributed by atoms with Crippen LogP contribution in [0.2, 0.25) is 0 Å². The topological polar surface area (TPSA) is 22.2 Å². The molecule has 0 saturated heterocycles. The zero-order valence-corrected chi connectivity index (χ0v) is 54.2. The monoisotopic (exact) mass is 1270 g/mol. The van der Waals surface area contributed by atoms with Crippen LogP contribution in [0.15, 0.2) is 374 Å². The highest BCUT2D eigenvalue weighted by molar-refractivity contribution is 8.00. The van der Waals surface area contributed by atoms with Crippen molar-refractivity contribution in [3.8, 4) is 56.0 Å². The average Bonchev–Trinajstić information content (AvgIpc) is 0.692. The largest absolute Gasteiger partial charge is 0.458 e. The Kier molecular flexibility index (Phi) is 14.0. The fourth-order valence-electron chi connectivity index (χ4n) is 15.6. The van der Waals surface area contributed by atoms with Gasteiger partial charge < -0.3 is 24.3 Å². The molecule has 0 atom stereocenters. The summed E-state index contributed by atoms with van der Waals surface area (Å²) in [4.78, 5) is 12.4. The van der Waals surface area contributed by atoms with Crippen LogP contribution >= 0.6 is 11.8 Å². The van der Waals surface area contributed by atoms with Gasteiger partial charge in [-0.1, -0.05) is 278 Å². The lowest BCUT2D eigenvalue weighted by Gasteiger charge is -2.44. The minimum atomic E-state index is -0.224. The molecule has 0 aromatic heterocycles. The van der Waals surface area contributed by atoms with E-state index in [0.29, 0.717) is 0 Å². The van der Waals surface area contributed by atoms with Crippen LogP contribution < -0.4 is 57.1 Å². The summed E-state index contributed by atoms with van der Waals surface area (Å²) in [5.41, 5.74) is 29.3. The first kappa shape index (κ1) is 57.2. The zero-order chi connectivity index (χ0) is 64.6. The molecule has 0 spiro atoms. The van der Waals surface area contributed by atoms with Crippen molar-refractivity contribution in [2.24, 2.45) is 0 Å². The van der Waals surface area contributed by atoms with Gasteiger partial charge >= 0.3 is 0 Å². The number of anilines is 12. The maximum Gasteiger partial charge on any atom is 0.256 e. The number of nitrogens with zero attached hydrogens (tertiary/aromatic N) is 4. The second-order valence-corrected chi connectivity index (χ2v) is 26.6. The third-order valence-corrected chi connectivity index (χ3v) is 21.0. The van der Waals surface area contributed by atoms with Crippen LogP contribution in [0.3, 0.4) is 0 Å². The summed E-state index contributed by atoms with van der Waals surface area (Å²) in [6.45, 7) is -0.344. The average molecular weight is 1270 g/mol. The first-order chi connectivity index (χ1) is 48.6. The molecule has 15 aromatic carbocycles. The van der Waals surface area contributed by atoms with Crippen LogP contribution in [0.25, 0.3) is 44.5 Å². The molecular weight excluding hydrogens is 1210 g/mol. The maximum absolute atomic E-state index is 7.54. The van der Waals surface area contributed by atoms with Gasteiger partial charge in [-0.15, -0.1) is 0 Å². The molecule has 0 amide bonds. The lowest BCUT2D eigenvalue weighted by molar-refractivity contribution is 0.487. The van der Waals surface area contributed by atoms with Gasteiger partial charge in [0.2, 0.25) is 6.71 Å². The van der Waals surface area contributed by atoms with Gasteiger partial charge in [0.25, 0.3) is 6.71 Å². The number of fused-ring (bicyclic) bond motifs is 8. The van der Waals surface area contributed by atoms with Crippen LogP contribution in [0, 0.1) is 0 Å². The van der Waals surface area contributed by atoms with Crippen molar-refractivity contribution in [3.05, 3.63) is 364 Å². The molecule has 0 fully saturated rings. The molecule has 0 unspecified atom stereocenters. The van der Waals surface area contributed by atoms with Crippen LogP contribution in [-0.2, 0) is 0 Å². The molecule has 5 nitrogen and oxygen atoms in total. The number of ether oxygens (including phenoxy) is 1. The number of benzene rings is 15. The van der Waals surface area contributed by atoms with Crippen molar-refractivity contribution in [1.29, 1.82) is 0 Å². The van der Waals surface area contributed by atoms with E-state index >= 15 is 0 Å². The number of hydrogen-bond acceptors (Lipinski definition) is 6. The summed E-state index contributed by atoms with van der Waals surface area (Å²) in [7, 11) is 0. The van der Waals surface area contributed by atoms with Crippen LogP contribution in [-0.4, -0.2) is 13.4 Å². The van der Waals surface area contributed by atoms with E-state index in [0.717, 1.165) is 130 Å². The summed E-state index contributed by atoms with van der Waals surface area (Å²) in [6, 6.07) is 134. The van der Waals surface area contributed by atoms with Crippen molar-refractivity contribution < 1.29 is 4.74 Å². The van der Waals surface area contributed by atoms with Crippen molar-refractivity contribution in [2.45, 2.75) is 9.79 Å². The number of rotatable bonds is 12. The fourth-order valence-corrected chi connectivity index (χ4v) is 16.8. The predicted octanol–water partition coefficient (Wildman–Crippen LogP) is 20.5. The second-order valence-electron chi connectivity index (χ2n) is 25.5. The van der Waals surface area contributed by atoms with Crippen molar-refractivity contribution in [3.63, 3.8) is 0 Å². The van der Waals surface area contributed by atoms with Gasteiger partial charge in [0.15, 0.2) is 0 Å². The molecule has 15 aromatic rings.